The number of hydrogen-bond acceptors (Lipinski definition) is 4. The van der Waals surface area contributed by atoms with Crippen LogP contribution in [0.4, 0.5) is 5.69 Å². The second-order valence-corrected chi connectivity index (χ2v) is 8.25. The van der Waals surface area contributed by atoms with E-state index in [1.54, 1.807) is 34.0 Å². The Morgan fingerprint density at radius 3 is 2.79 bits per heavy atom. The van der Waals surface area contributed by atoms with E-state index in [0.29, 0.717) is 24.3 Å². The molecule has 24 heavy (non-hydrogen) atoms. The van der Waals surface area contributed by atoms with Crippen LogP contribution in [-0.4, -0.2) is 36.9 Å². The number of hydrogen-bond donors (Lipinski definition) is 0. The third-order valence-corrected chi connectivity index (χ3v) is 5.39. The zero-order valence-electron chi connectivity index (χ0n) is 13.9. The topological polar surface area (TPSA) is 72.3 Å². The Balaban J connectivity index is 1.77. The molecule has 0 N–H and O–H groups in total. The van der Waals surface area contributed by atoms with Crippen molar-refractivity contribution in [3.63, 3.8) is 0 Å². The first-order valence-electron chi connectivity index (χ1n) is 7.95. The van der Waals surface area contributed by atoms with Crippen molar-refractivity contribution < 1.29 is 13.2 Å². The molecule has 128 valence electrons. The highest BCUT2D eigenvalue weighted by Gasteiger charge is 2.23. The summed E-state index contributed by atoms with van der Waals surface area (Å²) in [5, 5.41) is 4.11. The Morgan fingerprint density at radius 2 is 2.12 bits per heavy atom. The summed E-state index contributed by atoms with van der Waals surface area (Å²) in [5.41, 5.74) is 2.80. The minimum absolute atomic E-state index is 0.0620. The van der Waals surface area contributed by atoms with Crippen molar-refractivity contribution in [1.82, 2.24) is 9.78 Å². The Labute approximate surface area is 142 Å². The summed E-state index contributed by atoms with van der Waals surface area (Å²) >= 11 is 0. The highest BCUT2D eigenvalue weighted by molar-refractivity contribution is 7.90. The Morgan fingerprint density at radius 1 is 1.33 bits per heavy atom. The number of benzene rings is 1. The van der Waals surface area contributed by atoms with Gasteiger partial charge in [-0.2, -0.15) is 5.10 Å². The van der Waals surface area contributed by atoms with E-state index in [4.69, 9.17) is 0 Å². The third-order valence-electron chi connectivity index (χ3n) is 4.28. The first-order chi connectivity index (χ1) is 11.3. The molecule has 1 aliphatic rings. The van der Waals surface area contributed by atoms with Gasteiger partial charge in [0.2, 0.25) is 5.91 Å². The Kier molecular flexibility index (Phi) is 4.45. The number of carbonyl (C=O) groups excluding carboxylic acids is 1. The van der Waals surface area contributed by atoms with Gasteiger partial charge in [0.25, 0.3) is 0 Å². The first kappa shape index (κ1) is 16.7. The maximum absolute atomic E-state index is 12.6. The summed E-state index contributed by atoms with van der Waals surface area (Å²) in [7, 11) is -1.38. The molecular formula is C17H21N3O3S. The molecule has 0 saturated carbocycles. The van der Waals surface area contributed by atoms with Crippen molar-refractivity contribution in [2.75, 3.05) is 17.7 Å². The van der Waals surface area contributed by atoms with E-state index in [0.717, 1.165) is 29.7 Å². The van der Waals surface area contributed by atoms with E-state index < -0.39 is 9.84 Å². The van der Waals surface area contributed by atoms with Crippen LogP contribution >= 0.6 is 0 Å². The molecule has 1 aromatic heterocycles. The lowest BCUT2D eigenvalue weighted by Gasteiger charge is -2.30. The first-order valence-corrected chi connectivity index (χ1v) is 9.84. The quantitative estimate of drug-likeness (QED) is 0.844. The van der Waals surface area contributed by atoms with Crippen LogP contribution in [0.3, 0.4) is 0 Å². The molecule has 0 radical (unpaired) electrons. The van der Waals surface area contributed by atoms with E-state index in [1.165, 1.54) is 6.26 Å². The fourth-order valence-corrected chi connectivity index (χ4v) is 3.72. The van der Waals surface area contributed by atoms with Crippen LogP contribution in [0.15, 0.2) is 35.5 Å². The molecule has 1 aromatic carbocycles. The van der Waals surface area contributed by atoms with Crippen LogP contribution < -0.4 is 4.90 Å². The minimum Gasteiger partial charge on any atom is -0.312 e. The van der Waals surface area contributed by atoms with E-state index in [1.807, 2.05) is 13.2 Å². The number of amides is 1. The molecule has 7 heteroatoms. The predicted octanol–water partition coefficient (Wildman–Crippen LogP) is 1.74. The van der Waals surface area contributed by atoms with Gasteiger partial charge in [-0.1, -0.05) is 0 Å². The highest BCUT2D eigenvalue weighted by Crippen LogP contribution is 2.30. The number of rotatable bonds is 4. The number of aromatic nitrogens is 2. The molecule has 0 bridgehead atoms. The van der Waals surface area contributed by atoms with Crippen molar-refractivity contribution in [2.45, 2.75) is 30.6 Å². The van der Waals surface area contributed by atoms with Crippen molar-refractivity contribution >= 4 is 21.4 Å². The minimum atomic E-state index is -3.23. The molecule has 3 rings (SSSR count). The van der Waals surface area contributed by atoms with Crippen molar-refractivity contribution in [2.24, 2.45) is 7.05 Å². The number of aryl methyl sites for hydroxylation is 3. The summed E-state index contributed by atoms with van der Waals surface area (Å²) in [6.45, 7) is 0.678. The number of carbonyl (C=O) groups is 1. The second-order valence-electron chi connectivity index (χ2n) is 6.23. The maximum Gasteiger partial charge on any atom is 0.227 e. The van der Waals surface area contributed by atoms with Crippen molar-refractivity contribution in [1.29, 1.82) is 0 Å². The molecule has 0 unspecified atom stereocenters. The number of nitrogens with zero attached hydrogens (tertiary/aromatic N) is 3. The fourth-order valence-electron chi connectivity index (χ4n) is 3.05. The normalized spacial score (nSPS) is 14.5. The summed E-state index contributed by atoms with van der Waals surface area (Å²) in [4.78, 5) is 14.7. The molecule has 1 aliphatic heterocycles. The van der Waals surface area contributed by atoms with Gasteiger partial charge in [0, 0.05) is 38.2 Å². The molecule has 0 fully saturated rings. The van der Waals surface area contributed by atoms with Gasteiger partial charge in [-0.3, -0.25) is 9.48 Å². The molecule has 6 nitrogen and oxygen atoms in total. The smallest absolute Gasteiger partial charge is 0.227 e. The lowest BCUT2D eigenvalue weighted by molar-refractivity contribution is -0.118. The summed E-state index contributed by atoms with van der Waals surface area (Å²) < 4.78 is 25.1. The molecular weight excluding hydrogens is 326 g/mol. The van der Waals surface area contributed by atoms with Crippen LogP contribution in [0.2, 0.25) is 0 Å². The highest BCUT2D eigenvalue weighted by atomic mass is 32.2. The Bertz CT molecular complexity index is 871. The maximum atomic E-state index is 12.6. The summed E-state index contributed by atoms with van der Waals surface area (Å²) in [5.74, 6) is 0.0620. The zero-order valence-corrected chi connectivity index (χ0v) is 14.7. The van der Waals surface area contributed by atoms with Gasteiger partial charge >= 0.3 is 0 Å². The van der Waals surface area contributed by atoms with E-state index in [2.05, 4.69) is 5.10 Å². The van der Waals surface area contributed by atoms with Crippen molar-refractivity contribution in [3.8, 4) is 0 Å². The molecule has 0 atom stereocenters. The largest absolute Gasteiger partial charge is 0.312 e. The average molecular weight is 347 g/mol. The van der Waals surface area contributed by atoms with Gasteiger partial charge in [-0.15, -0.1) is 0 Å². The lowest BCUT2D eigenvalue weighted by Crippen LogP contribution is -2.35. The fraction of sp³-hybridized carbons (Fsp3) is 0.412. The van der Waals surface area contributed by atoms with Gasteiger partial charge in [-0.25, -0.2) is 8.42 Å². The van der Waals surface area contributed by atoms with E-state index in [-0.39, 0.29) is 5.91 Å². The zero-order chi connectivity index (χ0) is 17.3. The second kappa shape index (κ2) is 6.39. The summed E-state index contributed by atoms with van der Waals surface area (Å²) in [6, 6.07) is 5.04. The van der Waals surface area contributed by atoms with Crippen molar-refractivity contribution in [3.05, 3.63) is 41.7 Å². The molecule has 0 aliphatic carbocycles. The molecule has 1 amide bonds. The Hall–Kier alpha value is -2.15. The van der Waals surface area contributed by atoms with Crippen LogP contribution in [-0.2, 0) is 34.5 Å². The molecule has 2 heterocycles. The van der Waals surface area contributed by atoms with Gasteiger partial charge in [-0.05, 0) is 48.6 Å². The summed E-state index contributed by atoms with van der Waals surface area (Å²) in [6.07, 6.45) is 7.60. The molecule has 0 spiro atoms. The van der Waals surface area contributed by atoms with E-state index >= 15 is 0 Å². The number of anilines is 1. The predicted molar refractivity (Wildman–Crippen MR) is 91.8 cm³/mol. The van der Waals surface area contributed by atoms with E-state index in [9.17, 15) is 13.2 Å². The molecule has 2 aromatic rings. The van der Waals surface area contributed by atoms with Gasteiger partial charge in [0.1, 0.15) is 0 Å². The number of sulfone groups is 1. The standard InChI is InChI=1S/C17H21N3O3S/c1-19-12-13(11-18-19)5-8-17(21)20-9-3-4-14-10-15(24(2,22)23)6-7-16(14)20/h6-7,10-12H,3-5,8-9H2,1-2H3. The van der Waals surface area contributed by atoms with Gasteiger partial charge in [0.15, 0.2) is 9.84 Å². The van der Waals surface area contributed by atoms with Crippen LogP contribution in [0, 0.1) is 0 Å². The third kappa shape index (κ3) is 3.51. The van der Waals surface area contributed by atoms with Crippen LogP contribution in [0.5, 0.6) is 0 Å². The van der Waals surface area contributed by atoms with Crippen LogP contribution in [0.1, 0.15) is 24.0 Å². The van der Waals surface area contributed by atoms with Gasteiger partial charge < -0.3 is 4.90 Å². The SMILES string of the molecule is Cn1cc(CCC(=O)N2CCCc3cc(S(C)(=O)=O)ccc32)cn1. The molecule has 0 saturated heterocycles. The lowest BCUT2D eigenvalue weighted by atomic mass is 10.0. The monoisotopic (exact) mass is 347 g/mol. The average Bonchev–Trinajstić information content (AvgIpc) is 2.96. The van der Waals surface area contributed by atoms with Gasteiger partial charge in [0.05, 0.1) is 11.1 Å². The number of fused-ring (bicyclic) bond motifs is 1. The van der Waals surface area contributed by atoms with Crippen LogP contribution in [0.25, 0.3) is 0 Å².